The molecule has 7 aliphatic rings. The Bertz CT molecular complexity index is 1480. The molecule has 11 heteroatoms. The number of nitrogens with zero attached hydrogens (tertiary/aromatic N) is 3. The largest absolute Gasteiger partial charge is 0.356 e. The monoisotopic (exact) mass is 605 g/mol. The van der Waals surface area contributed by atoms with Gasteiger partial charge in [0.1, 0.15) is 16.4 Å². The molecule has 7 fully saturated rings. The molecule has 0 bridgehead atoms. The summed E-state index contributed by atoms with van der Waals surface area (Å²) in [6, 6.07) is 2.14. The zero-order valence-electron chi connectivity index (χ0n) is 23.4. The number of Topliss-reactive ketones (excluding diaryl/α,β-unsaturated/α-hetero) is 1. The third-order valence-corrected chi connectivity index (χ3v) is 15.0. The van der Waals surface area contributed by atoms with Gasteiger partial charge in [0, 0.05) is 30.0 Å². The fourth-order valence-electron chi connectivity index (χ4n) is 10.7. The van der Waals surface area contributed by atoms with Gasteiger partial charge in [-0.2, -0.15) is 0 Å². The maximum Gasteiger partial charge on any atom is 0.282 e. The number of aromatic nitrogens is 2. The van der Waals surface area contributed by atoms with Gasteiger partial charge in [0.15, 0.2) is 5.01 Å². The Labute approximate surface area is 252 Å². The van der Waals surface area contributed by atoms with E-state index in [0.717, 1.165) is 49.9 Å². The molecule has 9 nitrogen and oxygen atoms in total. The minimum atomic E-state index is -0.889. The number of rotatable bonds is 7. The van der Waals surface area contributed by atoms with E-state index in [4.69, 9.17) is 0 Å². The minimum absolute atomic E-state index is 0.0590. The van der Waals surface area contributed by atoms with Crippen LogP contribution in [0.2, 0.25) is 0 Å². The molecule has 2 unspecified atom stereocenters. The van der Waals surface area contributed by atoms with E-state index in [1.54, 1.807) is 24.0 Å². The van der Waals surface area contributed by atoms with Gasteiger partial charge in [0.05, 0.1) is 6.04 Å². The Kier molecular flexibility index (Phi) is 5.55. The lowest BCUT2D eigenvalue weighted by Gasteiger charge is -2.90. The number of thiazole rings is 1. The van der Waals surface area contributed by atoms with Gasteiger partial charge in [0.2, 0.25) is 17.6 Å². The van der Waals surface area contributed by atoms with E-state index in [1.807, 2.05) is 11.0 Å². The van der Waals surface area contributed by atoms with E-state index in [1.165, 1.54) is 24.2 Å². The van der Waals surface area contributed by atoms with Crippen LogP contribution >= 0.6 is 23.1 Å². The van der Waals surface area contributed by atoms with Crippen molar-refractivity contribution in [2.75, 3.05) is 13.1 Å². The van der Waals surface area contributed by atoms with Gasteiger partial charge in [-0.15, -0.1) is 0 Å². The molecule has 0 aromatic carbocycles. The lowest BCUT2D eigenvalue weighted by molar-refractivity contribution is -0.356. The van der Waals surface area contributed by atoms with Crippen LogP contribution < -0.4 is 10.6 Å². The van der Waals surface area contributed by atoms with Crippen molar-refractivity contribution in [1.29, 1.82) is 0 Å². The number of likely N-dealkylation sites (tertiary alicyclic amines) is 1. The lowest BCUT2D eigenvalue weighted by Crippen LogP contribution is -2.88. The van der Waals surface area contributed by atoms with Crippen molar-refractivity contribution in [3.63, 3.8) is 0 Å². The molecule has 5 aliphatic carbocycles. The fraction of sp³-hybridized carbons (Fsp3) is 0.677. The lowest BCUT2D eigenvalue weighted by atomic mass is 9.18. The topological polar surface area (TPSA) is 121 Å². The predicted octanol–water partition coefficient (Wildman–Crippen LogP) is 4.03. The van der Waals surface area contributed by atoms with Crippen LogP contribution in [-0.4, -0.2) is 67.6 Å². The first-order valence-electron chi connectivity index (χ1n) is 15.7. The van der Waals surface area contributed by atoms with E-state index < -0.39 is 12.1 Å². The summed E-state index contributed by atoms with van der Waals surface area (Å²) in [4.78, 5) is 66.0. The third kappa shape index (κ3) is 3.32. The van der Waals surface area contributed by atoms with Gasteiger partial charge < -0.3 is 15.5 Å². The minimum Gasteiger partial charge on any atom is -0.356 e. The number of pyridine rings is 1. The van der Waals surface area contributed by atoms with Crippen molar-refractivity contribution in [2.45, 2.75) is 74.6 Å². The summed E-state index contributed by atoms with van der Waals surface area (Å²) in [6.07, 6.45) is 10.6. The fourth-order valence-corrected chi connectivity index (χ4v) is 13.5. The maximum atomic E-state index is 14.2. The van der Waals surface area contributed by atoms with Crippen LogP contribution in [0.1, 0.15) is 67.6 Å². The number of amides is 3. The normalized spacial score (nSPS) is 40.9. The van der Waals surface area contributed by atoms with Crippen molar-refractivity contribution < 1.29 is 19.2 Å². The molecule has 2 N–H and O–H groups in total. The first-order valence-corrected chi connectivity index (χ1v) is 17.3. The standard InChI is InChI=1S/C31H35N5O4S2/c37-24(28-35-21-5-2-7-33-27(21)41-28)22(9-15-6-8-32-25(15)38)34-26(39)23-20-4-1-3-16(20)14-36(23)29(40)42-30-12-18-10-17-11-19(13-30)31(17,18)30/h2,5,7,15-20,22-23H,1,3-4,6,8-14H2,(H,32,38)(H,34,39)/t15-,16-,17?,18?,19?,20-,22-,23-,30?,31?/m0/s1. The second-order valence-corrected chi connectivity index (χ2v) is 16.3. The maximum absolute atomic E-state index is 14.2. The molecule has 42 heavy (non-hydrogen) atoms. The van der Waals surface area contributed by atoms with Crippen LogP contribution in [0.3, 0.4) is 0 Å². The van der Waals surface area contributed by atoms with Gasteiger partial charge in [0.25, 0.3) is 5.24 Å². The third-order valence-electron chi connectivity index (χ3n) is 12.5. The molecule has 4 heterocycles. The highest BCUT2D eigenvalue weighted by molar-refractivity contribution is 8.14. The molecule has 5 saturated carbocycles. The van der Waals surface area contributed by atoms with Crippen LogP contribution in [-0.2, 0) is 9.59 Å². The zero-order chi connectivity index (χ0) is 28.4. The van der Waals surface area contributed by atoms with E-state index in [2.05, 4.69) is 20.6 Å². The average molecular weight is 606 g/mol. The quantitative estimate of drug-likeness (QED) is 0.457. The summed E-state index contributed by atoms with van der Waals surface area (Å²) < 4.78 is 0.106. The number of fused-ring (bicyclic) bond motifs is 2. The number of carbonyl (C=O) groups is 4. The highest BCUT2D eigenvalue weighted by atomic mass is 32.2. The first kappa shape index (κ1) is 25.9. The molecule has 2 aromatic heterocycles. The van der Waals surface area contributed by atoms with Crippen molar-refractivity contribution in [3.8, 4) is 0 Å². The summed E-state index contributed by atoms with van der Waals surface area (Å²) in [5.74, 6) is 1.93. The van der Waals surface area contributed by atoms with Gasteiger partial charge in [-0.25, -0.2) is 9.97 Å². The van der Waals surface area contributed by atoms with Gasteiger partial charge in [-0.3, -0.25) is 19.2 Å². The highest BCUT2D eigenvalue weighted by Gasteiger charge is 2.88. The first-order chi connectivity index (χ1) is 20.4. The molecule has 1 spiro atoms. The van der Waals surface area contributed by atoms with Crippen LogP contribution in [0.25, 0.3) is 10.3 Å². The van der Waals surface area contributed by atoms with Crippen LogP contribution in [0.5, 0.6) is 0 Å². The molecule has 9 rings (SSSR count). The number of ketones is 1. The number of nitrogens with one attached hydrogen (secondary N) is 2. The van der Waals surface area contributed by atoms with Crippen molar-refractivity contribution in [2.24, 2.45) is 40.9 Å². The Hall–Kier alpha value is -2.53. The van der Waals surface area contributed by atoms with Crippen molar-refractivity contribution >= 4 is 56.3 Å². The Balaban J connectivity index is 0.972. The van der Waals surface area contributed by atoms with E-state index in [0.29, 0.717) is 41.2 Å². The second kappa shape index (κ2) is 9.00. The Morgan fingerprint density at radius 1 is 1.17 bits per heavy atom. The van der Waals surface area contributed by atoms with Crippen molar-refractivity contribution in [3.05, 3.63) is 23.3 Å². The molecule has 220 valence electrons. The molecule has 2 saturated heterocycles. The predicted molar refractivity (Wildman–Crippen MR) is 158 cm³/mol. The molecule has 3 amide bonds. The Morgan fingerprint density at radius 2 is 2.00 bits per heavy atom. The van der Waals surface area contributed by atoms with Crippen LogP contribution in [0.15, 0.2) is 18.3 Å². The Morgan fingerprint density at radius 3 is 2.71 bits per heavy atom. The smallest absolute Gasteiger partial charge is 0.282 e. The van der Waals surface area contributed by atoms with E-state index in [-0.39, 0.29) is 50.8 Å². The molecule has 0 radical (unpaired) electrons. The van der Waals surface area contributed by atoms with E-state index >= 15 is 0 Å². The summed E-state index contributed by atoms with van der Waals surface area (Å²) in [5, 5.41) is 6.27. The van der Waals surface area contributed by atoms with Gasteiger partial charge >= 0.3 is 0 Å². The van der Waals surface area contributed by atoms with Gasteiger partial charge in [-0.1, -0.05) is 29.5 Å². The molecule has 2 aromatic rings. The highest BCUT2D eigenvalue weighted by Crippen LogP contribution is 2.92. The summed E-state index contributed by atoms with van der Waals surface area (Å²) in [6.45, 7) is 1.20. The summed E-state index contributed by atoms with van der Waals surface area (Å²) in [7, 11) is 0. The van der Waals surface area contributed by atoms with Gasteiger partial charge in [-0.05, 0) is 98.5 Å². The van der Waals surface area contributed by atoms with Crippen molar-refractivity contribution in [1.82, 2.24) is 25.5 Å². The average Bonchev–Trinajstić information content (AvgIpc) is 3.71. The number of thioether (sulfide) groups is 1. The number of carbonyl (C=O) groups excluding carboxylic acids is 4. The SMILES string of the molecule is O=C1NCC[C@H]1C[C@H](NC(=O)[C@@H]1[C@H]2CCC[C@H]2CN1C(=O)SC12CC3CC4CC(C1)C432)C(=O)c1nc2cccnc2s1. The summed E-state index contributed by atoms with van der Waals surface area (Å²) >= 11 is 2.76. The zero-order valence-corrected chi connectivity index (χ0v) is 25.1. The second-order valence-electron chi connectivity index (χ2n) is 14.0. The molecular formula is C31H35N5O4S2. The molecule has 2 aliphatic heterocycles. The summed E-state index contributed by atoms with van der Waals surface area (Å²) in [5.41, 5.74) is 1.08. The number of hydrogen-bond donors (Lipinski definition) is 2. The van der Waals surface area contributed by atoms with E-state index in [9.17, 15) is 19.2 Å². The van der Waals surface area contributed by atoms with Crippen LogP contribution in [0.4, 0.5) is 4.79 Å². The number of hydrogen-bond acceptors (Lipinski definition) is 8. The van der Waals surface area contributed by atoms with Crippen LogP contribution in [0, 0.1) is 40.9 Å². The molecule has 7 atom stereocenters. The molecular weight excluding hydrogens is 571 g/mol.